The summed E-state index contributed by atoms with van der Waals surface area (Å²) < 4.78 is 61.0. The first kappa shape index (κ1) is 10.9. The number of rotatable bonds is 2. The Morgan fingerprint density at radius 2 is 1.67 bits per heavy atom. The van der Waals surface area contributed by atoms with Gasteiger partial charge in [-0.3, -0.25) is 0 Å². The highest BCUT2D eigenvalue weighted by Gasteiger charge is 2.64. The molecular formula is C5H3F5O2. The summed E-state index contributed by atoms with van der Waals surface area (Å²) in [5.41, 5.74) is 0. The van der Waals surface area contributed by atoms with Crippen LogP contribution in [0.1, 0.15) is 0 Å². The van der Waals surface area contributed by atoms with Crippen molar-refractivity contribution in [2.75, 3.05) is 0 Å². The first-order valence-corrected chi connectivity index (χ1v) is 2.50. The van der Waals surface area contributed by atoms with Gasteiger partial charge in [0.15, 0.2) is 0 Å². The number of esters is 1. The molecule has 70 valence electrons. The second-order valence-electron chi connectivity index (χ2n) is 1.64. The van der Waals surface area contributed by atoms with Crippen molar-refractivity contribution in [3.63, 3.8) is 0 Å². The van der Waals surface area contributed by atoms with E-state index in [4.69, 9.17) is 0 Å². The third-order valence-electron chi connectivity index (χ3n) is 0.803. The van der Waals surface area contributed by atoms with Crippen LogP contribution in [0.25, 0.3) is 0 Å². The van der Waals surface area contributed by atoms with Crippen molar-refractivity contribution in [3.8, 4) is 0 Å². The summed E-state index contributed by atoms with van der Waals surface area (Å²) >= 11 is 0. The van der Waals surface area contributed by atoms with Crippen LogP contribution < -0.4 is 0 Å². The zero-order valence-corrected chi connectivity index (χ0v) is 5.49. The van der Waals surface area contributed by atoms with Crippen LogP contribution in [0, 0.1) is 0 Å². The molecule has 0 bridgehead atoms. The molecule has 0 aliphatic carbocycles. The summed E-state index contributed by atoms with van der Waals surface area (Å²) in [4.78, 5) is 9.95. The Bertz CT molecular complexity index is 195. The van der Waals surface area contributed by atoms with Gasteiger partial charge in [0, 0.05) is 0 Å². The van der Waals surface area contributed by atoms with Crippen molar-refractivity contribution in [2.45, 2.75) is 12.1 Å². The van der Waals surface area contributed by atoms with Gasteiger partial charge in [-0.25, -0.2) is 4.79 Å². The van der Waals surface area contributed by atoms with Crippen molar-refractivity contribution in [1.29, 1.82) is 0 Å². The van der Waals surface area contributed by atoms with E-state index in [-0.39, 0.29) is 6.26 Å². The van der Waals surface area contributed by atoms with E-state index in [1.807, 2.05) is 0 Å². The van der Waals surface area contributed by atoms with E-state index in [9.17, 15) is 26.7 Å². The summed E-state index contributed by atoms with van der Waals surface area (Å²) in [6.07, 6.45) is -5.74. The molecule has 0 heterocycles. The third-order valence-corrected chi connectivity index (χ3v) is 0.803. The fourth-order valence-corrected chi connectivity index (χ4v) is 0.265. The molecule has 0 rings (SSSR count). The van der Waals surface area contributed by atoms with Crippen LogP contribution in [0.2, 0.25) is 0 Å². The van der Waals surface area contributed by atoms with Crippen LogP contribution in [0.5, 0.6) is 0 Å². The molecule has 0 spiro atoms. The molecule has 0 saturated carbocycles. The lowest BCUT2D eigenvalue weighted by Gasteiger charge is -2.15. The molecule has 2 nitrogen and oxygen atoms in total. The van der Waals surface area contributed by atoms with E-state index >= 15 is 0 Å². The quantitative estimate of drug-likeness (QED) is 0.377. The molecule has 0 fully saturated rings. The Morgan fingerprint density at radius 3 is 1.92 bits per heavy atom. The third kappa shape index (κ3) is 1.93. The van der Waals surface area contributed by atoms with E-state index in [1.54, 1.807) is 0 Å². The summed E-state index contributed by atoms with van der Waals surface area (Å²) in [5, 5.41) is 0. The normalized spacial score (nSPS) is 12.4. The van der Waals surface area contributed by atoms with Gasteiger partial charge < -0.3 is 4.74 Å². The first-order chi connectivity index (χ1) is 5.23. The van der Waals surface area contributed by atoms with Crippen molar-refractivity contribution >= 4 is 5.97 Å². The summed E-state index contributed by atoms with van der Waals surface area (Å²) in [6, 6.07) is 0. The van der Waals surface area contributed by atoms with Gasteiger partial charge in [0.1, 0.15) is 0 Å². The largest absolute Gasteiger partial charge is 0.465 e. The maximum atomic E-state index is 11.9. The van der Waals surface area contributed by atoms with Crippen LogP contribution >= 0.6 is 0 Å². The Kier molecular flexibility index (Phi) is 2.78. The minimum absolute atomic E-state index is 0.196. The SMILES string of the molecule is C=COC(=O)C(F)(F)C(F)(F)F. The van der Waals surface area contributed by atoms with E-state index in [2.05, 4.69) is 11.3 Å². The topological polar surface area (TPSA) is 26.3 Å². The lowest BCUT2D eigenvalue weighted by Crippen LogP contribution is -2.44. The number of halogens is 5. The van der Waals surface area contributed by atoms with Crippen LogP contribution in [0.15, 0.2) is 12.8 Å². The predicted molar refractivity (Wildman–Crippen MR) is 27.3 cm³/mol. The fourth-order valence-electron chi connectivity index (χ4n) is 0.265. The second kappa shape index (κ2) is 3.08. The van der Waals surface area contributed by atoms with E-state index < -0.39 is 18.1 Å². The van der Waals surface area contributed by atoms with Gasteiger partial charge in [0.05, 0.1) is 6.26 Å². The molecule has 0 amide bonds. The Balaban J connectivity index is 4.61. The van der Waals surface area contributed by atoms with E-state index in [0.717, 1.165) is 0 Å². The maximum absolute atomic E-state index is 11.9. The van der Waals surface area contributed by atoms with Crippen molar-refractivity contribution < 1.29 is 31.5 Å². The molecule has 0 aromatic heterocycles. The second-order valence-corrected chi connectivity index (χ2v) is 1.64. The molecule has 0 saturated heterocycles. The predicted octanol–water partition coefficient (Wildman–Crippen LogP) is 1.87. The molecule has 0 aromatic rings. The summed E-state index contributed by atoms with van der Waals surface area (Å²) in [7, 11) is 0. The standard InChI is InChI=1S/C5H3F5O2/c1-2-12-3(11)4(6,7)5(8,9)10/h2H,1H2. The molecule has 7 heteroatoms. The van der Waals surface area contributed by atoms with Crippen LogP contribution in [0.3, 0.4) is 0 Å². The van der Waals surface area contributed by atoms with Crippen molar-refractivity contribution in [3.05, 3.63) is 12.8 Å². The smallest absolute Gasteiger partial charge is 0.430 e. The minimum atomic E-state index is -5.94. The molecule has 0 N–H and O–H groups in total. The number of alkyl halides is 5. The van der Waals surface area contributed by atoms with Crippen molar-refractivity contribution in [1.82, 2.24) is 0 Å². The fraction of sp³-hybridized carbons (Fsp3) is 0.400. The van der Waals surface area contributed by atoms with E-state index in [1.165, 1.54) is 0 Å². The zero-order valence-electron chi connectivity index (χ0n) is 5.49. The number of hydrogen-bond acceptors (Lipinski definition) is 2. The summed E-state index contributed by atoms with van der Waals surface area (Å²) in [6.45, 7) is 2.65. The molecule has 0 aliphatic heterocycles. The highest BCUT2D eigenvalue weighted by atomic mass is 19.4. The average molecular weight is 190 g/mol. The van der Waals surface area contributed by atoms with Gasteiger partial charge in [-0.1, -0.05) is 6.58 Å². The van der Waals surface area contributed by atoms with Crippen LogP contribution in [0.4, 0.5) is 22.0 Å². The lowest BCUT2D eigenvalue weighted by molar-refractivity contribution is -0.278. The Labute approximate surface area is 63.6 Å². The van der Waals surface area contributed by atoms with Gasteiger partial charge in [-0.2, -0.15) is 22.0 Å². The minimum Gasteiger partial charge on any atom is -0.430 e. The number of carbonyl (C=O) groups excluding carboxylic acids is 1. The summed E-state index contributed by atoms with van der Waals surface area (Å²) in [5.74, 6) is -8.17. The van der Waals surface area contributed by atoms with Crippen molar-refractivity contribution in [2.24, 2.45) is 0 Å². The molecular weight excluding hydrogens is 187 g/mol. The van der Waals surface area contributed by atoms with Gasteiger partial charge in [-0.15, -0.1) is 0 Å². The maximum Gasteiger partial charge on any atom is 0.465 e. The Morgan fingerprint density at radius 1 is 1.25 bits per heavy atom. The van der Waals surface area contributed by atoms with Gasteiger partial charge in [0.2, 0.25) is 0 Å². The highest BCUT2D eigenvalue weighted by molar-refractivity contribution is 5.79. The van der Waals surface area contributed by atoms with Gasteiger partial charge in [-0.05, 0) is 0 Å². The Hall–Kier alpha value is -1.14. The molecule has 0 atom stereocenters. The number of carbonyl (C=O) groups is 1. The lowest BCUT2D eigenvalue weighted by atomic mass is 10.3. The van der Waals surface area contributed by atoms with Crippen LogP contribution in [-0.2, 0) is 9.53 Å². The van der Waals surface area contributed by atoms with Crippen LogP contribution in [-0.4, -0.2) is 18.1 Å². The molecule has 0 radical (unpaired) electrons. The first-order valence-electron chi connectivity index (χ1n) is 2.50. The number of ether oxygens (including phenoxy) is 1. The molecule has 0 aliphatic rings. The monoisotopic (exact) mass is 190 g/mol. The average Bonchev–Trinajstić information content (AvgIpc) is 1.85. The number of hydrogen-bond donors (Lipinski definition) is 0. The highest BCUT2D eigenvalue weighted by Crippen LogP contribution is 2.36. The van der Waals surface area contributed by atoms with E-state index in [0.29, 0.717) is 0 Å². The molecule has 0 unspecified atom stereocenters. The van der Waals surface area contributed by atoms with Gasteiger partial charge >= 0.3 is 18.1 Å². The van der Waals surface area contributed by atoms with Gasteiger partial charge in [0.25, 0.3) is 0 Å². The zero-order chi connectivity index (χ0) is 9.99. The molecule has 12 heavy (non-hydrogen) atoms. The molecule has 0 aromatic carbocycles.